The zero-order chi connectivity index (χ0) is 13.8. The Bertz CT molecular complexity index is 617. The van der Waals surface area contributed by atoms with Crippen LogP contribution in [0.1, 0.15) is 15.9 Å². The number of ether oxygens (including phenoxy) is 1. The molecule has 1 aromatic carbocycles. The Labute approximate surface area is 114 Å². The Kier molecular flexibility index (Phi) is 3.87. The molecule has 0 fully saturated rings. The molecule has 2 rings (SSSR count). The maximum Gasteiger partial charge on any atom is 0.339 e. The maximum atomic E-state index is 11.1. The molecule has 6 heteroatoms. The first-order chi connectivity index (χ1) is 9.09. The molecule has 3 N–H and O–H groups in total. The quantitative estimate of drug-likeness (QED) is 0.840. The molecule has 0 amide bonds. The molecular formula is C13H11ClN2O3. The standard InChI is InChI=1S/C13H11ClN2O3/c14-10-6-16-5-4-8(10)7-19-12-9(13(17)18)2-1-3-11(12)15/h1-6H,7,15H2,(H,17,18). The summed E-state index contributed by atoms with van der Waals surface area (Å²) in [4.78, 5) is 14.9. The molecule has 0 saturated carbocycles. The number of rotatable bonds is 4. The molecule has 0 aliphatic rings. The lowest BCUT2D eigenvalue weighted by molar-refractivity contribution is 0.0692. The number of aromatic nitrogens is 1. The van der Waals surface area contributed by atoms with Crippen LogP contribution in [-0.2, 0) is 6.61 Å². The SMILES string of the molecule is Nc1cccc(C(=O)O)c1OCc1ccncc1Cl. The number of halogens is 1. The summed E-state index contributed by atoms with van der Waals surface area (Å²) >= 11 is 5.94. The van der Waals surface area contributed by atoms with Gasteiger partial charge in [0.05, 0.1) is 10.7 Å². The summed E-state index contributed by atoms with van der Waals surface area (Å²) in [6, 6.07) is 6.27. The van der Waals surface area contributed by atoms with Gasteiger partial charge in [-0.3, -0.25) is 4.98 Å². The Balaban J connectivity index is 2.25. The van der Waals surface area contributed by atoms with E-state index in [-0.39, 0.29) is 23.6 Å². The van der Waals surface area contributed by atoms with Gasteiger partial charge in [0.15, 0.2) is 5.75 Å². The van der Waals surface area contributed by atoms with Crippen LogP contribution in [0.15, 0.2) is 36.7 Å². The van der Waals surface area contributed by atoms with Crippen LogP contribution < -0.4 is 10.5 Å². The van der Waals surface area contributed by atoms with Crippen molar-refractivity contribution in [1.82, 2.24) is 4.98 Å². The largest absolute Gasteiger partial charge is 0.486 e. The summed E-state index contributed by atoms with van der Waals surface area (Å²) < 4.78 is 5.48. The van der Waals surface area contributed by atoms with Crippen molar-refractivity contribution in [2.24, 2.45) is 0 Å². The number of hydrogen-bond acceptors (Lipinski definition) is 4. The van der Waals surface area contributed by atoms with Gasteiger partial charge in [-0.15, -0.1) is 0 Å². The second kappa shape index (κ2) is 5.58. The van der Waals surface area contributed by atoms with Crippen LogP contribution in [0.2, 0.25) is 5.02 Å². The van der Waals surface area contributed by atoms with Gasteiger partial charge in [-0.25, -0.2) is 4.79 Å². The third-order valence-corrected chi connectivity index (χ3v) is 2.84. The summed E-state index contributed by atoms with van der Waals surface area (Å²) in [6.07, 6.45) is 3.07. The van der Waals surface area contributed by atoms with E-state index in [1.165, 1.54) is 12.3 Å². The Morgan fingerprint density at radius 3 is 2.89 bits per heavy atom. The first-order valence-electron chi connectivity index (χ1n) is 5.42. The number of carboxylic acids is 1. The van der Waals surface area contributed by atoms with Crippen molar-refractivity contribution in [3.05, 3.63) is 52.8 Å². The third-order valence-electron chi connectivity index (χ3n) is 2.50. The van der Waals surface area contributed by atoms with E-state index in [9.17, 15) is 4.79 Å². The molecule has 2 aromatic rings. The van der Waals surface area contributed by atoms with E-state index in [0.717, 1.165) is 0 Å². The molecule has 0 aliphatic heterocycles. The molecule has 1 aromatic heterocycles. The van der Waals surface area contributed by atoms with Crippen molar-refractivity contribution < 1.29 is 14.6 Å². The predicted molar refractivity (Wildman–Crippen MR) is 71.4 cm³/mol. The lowest BCUT2D eigenvalue weighted by atomic mass is 10.1. The Morgan fingerprint density at radius 1 is 1.42 bits per heavy atom. The fraction of sp³-hybridized carbons (Fsp3) is 0.0769. The smallest absolute Gasteiger partial charge is 0.339 e. The molecule has 0 aliphatic carbocycles. The summed E-state index contributed by atoms with van der Waals surface area (Å²) in [5.74, 6) is -0.953. The van der Waals surface area contributed by atoms with Crippen LogP contribution in [0.25, 0.3) is 0 Å². The van der Waals surface area contributed by atoms with Gasteiger partial charge < -0.3 is 15.6 Å². The number of nitrogens with two attached hydrogens (primary N) is 1. The van der Waals surface area contributed by atoms with E-state index < -0.39 is 5.97 Å². The predicted octanol–water partition coefficient (Wildman–Crippen LogP) is 2.59. The first kappa shape index (κ1) is 13.2. The number of pyridine rings is 1. The normalized spacial score (nSPS) is 10.2. The highest BCUT2D eigenvalue weighted by molar-refractivity contribution is 6.31. The lowest BCUT2D eigenvalue weighted by Crippen LogP contribution is -2.06. The monoisotopic (exact) mass is 278 g/mol. The van der Waals surface area contributed by atoms with Crippen LogP contribution in [0.4, 0.5) is 5.69 Å². The molecule has 0 atom stereocenters. The third kappa shape index (κ3) is 2.95. The van der Waals surface area contributed by atoms with Crippen LogP contribution in [0, 0.1) is 0 Å². The number of benzene rings is 1. The molecule has 5 nitrogen and oxygen atoms in total. The van der Waals surface area contributed by atoms with Crippen LogP contribution in [0.3, 0.4) is 0 Å². The number of nitrogen functional groups attached to an aromatic ring is 1. The van der Waals surface area contributed by atoms with Gasteiger partial charge in [-0.05, 0) is 18.2 Å². The fourth-order valence-corrected chi connectivity index (χ4v) is 1.73. The Morgan fingerprint density at radius 2 is 2.21 bits per heavy atom. The van der Waals surface area contributed by atoms with Crippen molar-refractivity contribution in [1.29, 1.82) is 0 Å². The zero-order valence-electron chi connectivity index (χ0n) is 9.84. The van der Waals surface area contributed by atoms with Crippen molar-refractivity contribution in [2.45, 2.75) is 6.61 Å². The Hall–Kier alpha value is -2.27. The van der Waals surface area contributed by atoms with Crippen molar-refractivity contribution in [2.75, 3.05) is 5.73 Å². The van der Waals surface area contributed by atoms with Crippen LogP contribution in [0.5, 0.6) is 5.75 Å². The van der Waals surface area contributed by atoms with Gasteiger partial charge in [-0.2, -0.15) is 0 Å². The molecule has 19 heavy (non-hydrogen) atoms. The molecule has 0 unspecified atom stereocenters. The van der Waals surface area contributed by atoms with Gasteiger partial charge in [0, 0.05) is 18.0 Å². The number of anilines is 1. The van der Waals surface area contributed by atoms with E-state index in [0.29, 0.717) is 10.6 Å². The molecule has 0 bridgehead atoms. The van der Waals surface area contributed by atoms with Gasteiger partial charge in [-0.1, -0.05) is 17.7 Å². The number of nitrogens with zero attached hydrogens (tertiary/aromatic N) is 1. The minimum Gasteiger partial charge on any atom is -0.486 e. The average Bonchev–Trinajstić information content (AvgIpc) is 2.38. The molecule has 1 heterocycles. The van der Waals surface area contributed by atoms with E-state index in [1.807, 2.05) is 0 Å². The molecule has 0 saturated heterocycles. The second-order valence-electron chi connectivity index (χ2n) is 3.78. The van der Waals surface area contributed by atoms with E-state index in [2.05, 4.69) is 4.98 Å². The first-order valence-corrected chi connectivity index (χ1v) is 5.80. The van der Waals surface area contributed by atoms with Gasteiger partial charge >= 0.3 is 5.97 Å². The lowest BCUT2D eigenvalue weighted by Gasteiger charge is -2.12. The van der Waals surface area contributed by atoms with E-state index >= 15 is 0 Å². The molecule has 0 radical (unpaired) electrons. The van der Waals surface area contributed by atoms with Gasteiger partial charge in [0.25, 0.3) is 0 Å². The second-order valence-corrected chi connectivity index (χ2v) is 4.19. The fourth-order valence-electron chi connectivity index (χ4n) is 1.56. The van der Waals surface area contributed by atoms with E-state index in [4.69, 9.17) is 27.2 Å². The van der Waals surface area contributed by atoms with E-state index in [1.54, 1.807) is 24.4 Å². The molecule has 0 spiro atoms. The number of hydrogen-bond donors (Lipinski definition) is 2. The number of para-hydroxylation sites is 1. The number of carbonyl (C=O) groups is 1. The minimum absolute atomic E-state index is 0.0187. The van der Waals surface area contributed by atoms with Crippen molar-refractivity contribution in [3.8, 4) is 5.75 Å². The average molecular weight is 279 g/mol. The maximum absolute atomic E-state index is 11.1. The summed E-state index contributed by atoms with van der Waals surface area (Å²) in [6.45, 7) is 0.121. The number of aromatic carboxylic acids is 1. The van der Waals surface area contributed by atoms with Crippen LogP contribution >= 0.6 is 11.6 Å². The van der Waals surface area contributed by atoms with Gasteiger partial charge in [0.1, 0.15) is 12.2 Å². The highest BCUT2D eigenvalue weighted by atomic mass is 35.5. The van der Waals surface area contributed by atoms with Gasteiger partial charge in [0.2, 0.25) is 0 Å². The summed E-state index contributed by atoms with van der Waals surface area (Å²) in [5.41, 5.74) is 6.72. The minimum atomic E-state index is -1.09. The highest BCUT2D eigenvalue weighted by Gasteiger charge is 2.14. The zero-order valence-corrected chi connectivity index (χ0v) is 10.6. The topological polar surface area (TPSA) is 85.4 Å². The van der Waals surface area contributed by atoms with Crippen molar-refractivity contribution in [3.63, 3.8) is 0 Å². The van der Waals surface area contributed by atoms with Crippen molar-refractivity contribution >= 4 is 23.3 Å². The van der Waals surface area contributed by atoms with Crippen LogP contribution in [-0.4, -0.2) is 16.1 Å². The summed E-state index contributed by atoms with van der Waals surface area (Å²) in [7, 11) is 0. The molecular weight excluding hydrogens is 268 g/mol. The number of carboxylic acid groups (broad SMARTS) is 1. The molecule has 98 valence electrons. The summed E-state index contributed by atoms with van der Waals surface area (Å²) in [5, 5.41) is 9.52. The highest BCUT2D eigenvalue weighted by Crippen LogP contribution is 2.28.